The molecular formula is C41H45F2N5O3. The van der Waals surface area contributed by atoms with E-state index in [4.69, 9.17) is 25.9 Å². The number of halogens is 2. The molecule has 266 valence electrons. The third kappa shape index (κ3) is 5.78. The van der Waals surface area contributed by atoms with Crippen molar-refractivity contribution in [3.8, 4) is 35.2 Å². The van der Waals surface area contributed by atoms with Gasteiger partial charge in [0.2, 0.25) is 0 Å². The van der Waals surface area contributed by atoms with Gasteiger partial charge in [-0.2, -0.15) is 9.97 Å². The number of phenolic OH excluding ortho intramolecular Hbond substituents is 1. The molecule has 5 heterocycles. The van der Waals surface area contributed by atoms with E-state index in [1.807, 2.05) is 19.9 Å². The van der Waals surface area contributed by atoms with Gasteiger partial charge in [-0.3, -0.25) is 4.90 Å². The number of phenols is 1. The highest BCUT2D eigenvalue weighted by atomic mass is 19.1. The van der Waals surface area contributed by atoms with Gasteiger partial charge in [0.05, 0.1) is 25.4 Å². The van der Waals surface area contributed by atoms with Crippen molar-refractivity contribution >= 4 is 27.5 Å². The molecule has 10 heteroatoms. The Labute approximate surface area is 297 Å². The molecule has 4 aliphatic heterocycles. The predicted molar refractivity (Wildman–Crippen MR) is 194 cm³/mol. The average Bonchev–Trinajstić information content (AvgIpc) is 3.80. The maximum atomic E-state index is 17.6. The molecule has 1 aliphatic carbocycles. The van der Waals surface area contributed by atoms with E-state index >= 15 is 8.78 Å². The number of nitrogens with zero attached hydrogens (tertiary/aromatic N) is 4. The number of morpholine rings is 1. The molecule has 0 spiro atoms. The summed E-state index contributed by atoms with van der Waals surface area (Å²) in [6.07, 6.45) is 13.7. The van der Waals surface area contributed by atoms with Crippen molar-refractivity contribution in [2.75, 3.05) is 44.4 Å². The van der Waals surface area contributed by atoms with Crippen LogP contribution in [-0.2, 0) is 4.74 Å². The summed E-state index contributed by atoms with van der Waals surface area (Å²) in [5, 5.41) is 16.1. The molecular weight excluding hydrogens is 648 g/mol. The van der Waals surface area contributed by atoms with Gasteiger partial charge in [-0.05, 0) is 85.2 Å². The van der Waals surface area contributed by atoms with Crippen LogP contribution < -0.4 is 15.0 Å². The van der Waals surface area contributed by atoms with Crippen molar-refractivity contribution in [3.05, 3.63) is 53.1 Å². The van der Waals surface area contributed by atoms with E-state index < -0.39 is 11.6 Å². The van der Waals surface area contributed by atoms with Crippen molar-refractivity contribution in [2.24, 2.45) is 5.41 Å². The first kappa shape index (κ1) is 32.8. The molecule has 0 radical (unpaired) electrons. The largest absolute Gasteiger partial charge is 0.508 e. The van der Waals surface area contributed by atoms with Crippen molar-refractivity contribution in [3.63, 3.8) is 0 Å². The Kier molecular flexibility index (Phi) is 8.10. The molecule has 4 aromatic rings. The predicted octanol–water partition coefficient (Wildman–Crippen LogP) is 6.89. The minimum absolute atomic E-state index is 0.0131. The summed E-state index contributed by atoms with van der Waals surface area (Å²) in [5.41, 5.74) is 1.45. The van der Waals surface area contributed by atoms with Gasteiger partial charge in [-0.1, -0.05) is 32.3 Å². The van der Waals surface area contributed by atoms with Gasteiger partial charge in [0, 0.05) is 65.6 Å². The first-order valence-corrected chi connectivity index (χ1v) is 18.6. The Morgan fingerprint density at radius 3 is 2.49 bits per heavy atom. The van der Waals surface area contributed by atoms with Gasteiger partial charge >= 0.3 is 6.01 Å². The van der Waals surface area contributed by atoms with Crippen LogP contribution >= 0.6 is 0 Å². The summed E-state index contributed by atoms with van der Waals surface area (Å²) in [7, 11) is 0. The molecule has 2 N–H and O–H groups in total. The zero-order valence-electron chi connectivity index (χ0n) is 29.4. The minimum Gasteiger partial charge on any atom is -0.508 e. The van der Waals surface area contributed by atoms with E-state index in [1.54, 1.807) is 6.07 Å². The molecule has 0 amide bonds. The molecule has 1 saturated carbocycles. The fourth-order valence-electron chi connectivity index (χ4n) is 9.28. The first-order valence-electron chi connectivity index (χ1n) is 18.6. The number of piperidine rings is 1. The number of ether oxygens (including phenoxy) is 2. The molecule has 1 aromatic heterocycles. The van der Waals surface area contributed by atoms with E-state index in [0.717, 1.165) is 58.5 Å². The normalized spacial score (nSPS) is 25.5. The second kappa shape index (κ2) is 12.6. The van der Waals surface area contributed by atoms with Crippen LogP contribution in [0.4, 0.5) is 14.6 Å². The molecule has 3 aromatic carbocycles. The highest BCUT2D eigenvalue weighted by Crippen LogP contribution is 2.49. The number of benzene rings is 3. The smallest absolute Gasteiger partial charge is 0.319 e. The number of hydrogen-bond acceptors (Lipinski definition) is 8. The van der Waals surface area contributed by atoms with Crippen molar-refractivity contribution in [1.29, 1.82) is 0 Å². The van der Waals surface area contributed by atoms with E-state index in [0.29, 0.717) is 63.9 Å². The van der Waals surface area contributed by atoms with Crippen LogP contribution in [-0.4, -0.2) is 83.6 Å². The van der Waals surface area contributed by atoms with Gasteiger partial charge in [-0.15, -0.1) is 6.42 Å². The van der Waals surface area contributed by atoms with Crippen LogP contribution in [0, 0.1) is 29.4 Å². The van der Waals surface area contributed by atoms with Crippen molar-refractivity contribution in [1.82, 2.24) is 20.2 Å². The topological polar surface area (TPSA) is 83.0 Å². The summed E-state index contributed by atoms with van der Waals surface area (Å²) in [4.78, 5) is 14.8. The first-order chi connectivity index (χ1) is 24.7. The van der Waals surface area contributed by atoms with Gasteiger partial charge in [0.25, 0.3) is 0 Å². The number of rotatable bonds is 8. The van der Waals surface area contributed by atoms with Crippen LogP contribution in [0.15, 0.2) is 30.3 Å². The SMILES string of the molecule is C#Cc1c(F)ccc2cc(O)cc(-c3c(C(C)C)cc4c(N5CC6CCC(C5)N6)nc(OCC5(CN6C7CCCC6COC7)CC5)nc4c3F)c12. The molecule has 5 aliphatic rings. The zero-order chi connectivity index (χ0) is 35.0. The standard InChI is InChI=1S/C41H45F2N5O3/c1-4-30-34(42)11-8-24-14-29(49)15-32(35(24)30)36-31(23(2)3)16-33-38(37(36)43)45-40(46-39(33)47-17-25-9-10-26(18-47)44-25)51-22-41(12-13-41)21-48-27-6-5-7-28(48)20-50-19-27/h1,8,11,14-16,23,25-28,44,49H,5-7,9-10,12-13,17-22H2,2-3H3. The lowest BCUT2D eigenvalue weighted by Gasteiger charge is -2.47. The van der Waals surface area contributed by atoms with E-state index in [1.165, 1.54) is 37.5 Å². The third-order valence-electron chi connectivity index (χ3n) is 12.1. The Bertz CT molecular complexity index is 2040. The molecule has 5 fully saturated rings. The van der Waals surface area contributed by atoms with E-state index in [-0.39, 0.29) is 39.7 Å². The highest BCUT2D eigenvalue weighted by molar-refractivity contribution is 6.05. The fourth-order valence-corrected chi connectivity index (χ4v) is 9.28. The number of nitrogens with one attached hydrogen (secondary N) is 1. The number of anilines is 1. The molecule has 9 rings (SSSR count). The van der Waals surface area contributed by atoms with Crippen LogP contribution in [0.5, 0.6) is 11.8 Å². The molecule has 4 atom stereocenters. The summed E-state index contributed by atoms with van der Waals surface area (Å²) in [6, 6.07) is 9.58. The second-order valence-corrected chi connectivity index (χ2v) is 16.0. The summed E-state index contributed by atoms with van der Waals surface area (Å²) in [6.45, 7) is 8.52. The molecule has 8 nitrogen and oxygen atoms in total. The highest BCUT2D eigenvalue weighted by Gasteiger charge is 2.48. The maximum Gasteiger partial charge on any atom is 0.319 e. The van der Waals surface area contributed by atoms with Crippen LogP contribution in [0.1, 0.15) is 75.8 Å². The minimum atomic E-state index is -0.576. The monoisotopic (exact) mass is 693 g/mol. The third-order valence-corrected chi connectivity index (χ3v) is 12.1. The lowest BCUT2D eigenvalue weighted by molar-refractivity contribution is -0.0831. The number of aromatic nitrogens is 2. The zero-order valence-corrected chi connectivity index (χ0v) is 29.4. The summed E-state index contributed by atoms with van der Waals surface area (Å²) in [5.74, 6) is 1.81. The fraction of sp³-hybridized carbons (Fsp3) is 0.512. The average molecular weight is 694 g/mol. The number of aromatic hydroxyl groups is 1. The Hall–Kier alpha value is -4.04. The van der Waals surface area contributed by atoms with Crippen molar-refractivity contribution in [2.45, 2.75) is 88.9 Å². The van der Waals surface area contributed by atoms with Gasteiger partial charge in [-0.25, -0.2) is 8.78 Å². The van der Waals surface area contributed by atoms with E-state index in [2.05, 4.69) is 21.0 Å². The van der Waals surface area contributed by atoms with Gasteiger partial charge < -0.3 is 24.8 Å². The Morgan fingerprint density at radius 2 is 1.80 bits per heavy atom. The number of piperazine rings is 1. The Morgan fingerprint density at radius 1 is 1.06 bits per heavy atom. The second-order valence-electron chi connectivity index (χ2n) is 16.0. The summed E-state index contributed by atoms with van der Waals surface area (Å²) < 4.78 is 45.2. The molecule has 51 heavy (non-hydrogen) atoms. The number of fused-ring (bicyclic) bond motifs is 6. The van der Waals surface area contributed by atoms with Crippen LogP contribution in [0.2, 0.25) is 0 Å². The lowest BCUT2D eigenvalue weighted by Crippen LogP contribution is -2.56. The quantitative estimate of drug-likeness (QED) is 0.193. The molecule has 4 bridgehead atoms. The van der Waals surface area contributed by atoms with Crippen molar-refractivity contribution < 1.29 is 23.4 Å². The Balaban J connectivity index is 1.17. The molecule has 4 unspecified atom stereocenters. The lowest BCUT2D eigenvalue weighted by atomic mass is 9.86. The summed E-state index contributed by atoms with van der Waals surface area (Å²) >= 11 is 0. The van der Waals surface area contributed by atoms with Gasteiger partial charge in [0.15, 0.2) is 5.82 Å². The maximum absolute atomic E-state index is 17.6. The van der Waals surface area contributed by atoms with Gasteiger partial charge in [0.1, 0.15) is 22.9 Å². The van der Waals surface area contributed by atoms with Crippen LogP contribution in [0.25, 0.3) is 32.8 Å². The molecule has 4 saturated heterocycles. The number of hydrogen-bond donors (Lipinski definition) is 2. The van der Waals surface area contributed by atoms with E-state index in [9.17, 15) is 5.11 Å². The van der Waals surface area contributed by atoms with Crippen LogP contribution in [0.3, 0.4) is 0 Å². The number of terminal acetylenes is 1.